The Labute approximate surface area is 401 Å². The lowest BCUT2D eigenvalue weighted by molar-refractivity contribution is 0.342. The smallest absolute Gasteiger partial charge is 0.0598 e. The van der Waals surface area contributed by atoms with Crippen molar-refractivity contribution in [1.29, 1.82) is 0 Å². The molecule has 6 aliphatic carbocycles. The first-order chi connectivity index (χ1) is 32.7. The van der Waals surface area contributed by atoms with Gasteiger partial charge >= 0.3 is 0 Å². The molecule has 67 heavy (non-hydrogen) atoms. The zero-order valence-corrected chi connectivity index (χ0v) is 39.8. The van der Waals surface area contributed by atoms with Crippen molar-refractivity contribution in [2.75, 3.05) is 9.80 Å². The highest BCUT2D eigenvalue weighted by Gasteiger charge is 2.54. The maximum Gasteiger partial charge on any atom is 0.0598 e. The largest absolute Gasteiger partial charge is 0.312 e. The molecule has 7 aliphatic rings. The molecule has 6 aromatic carbocycles. The molecule has 0 saturated carbocycles. The zero-order chi connectivity index (χ0) is 45.0. The van der Waals surface area contributed by atoms with Gasteiger partial charge in [0.1, 0.15) is 0 Å². The first-order valence-corrected chi connectivity index (χ1v) is 25.3. The van der Waals surface area contributed by atoms with Crippen molar-refractivity contribution in [3.05, 3.63) is 248 Å². The SMILES string of the molecule is CC1=C(N(c2ccc3c(c2)C(C)(C)c2cc(/C=C/c4ccc5c(c4)C4(Cc6ccccc6C4)C4C=C(N6C7=C(C=CCC7)Sc7ccccc76)C=CC54)ccc2-3)c2ccccc2C)C=CCC1. The summed E-state index contributed by atoms with van der Waals surface area (Å²) in [6, 6.07) is 48.8. The van der Waals surface area contributed by atoms with Crippen LogP contribution in [0.2, 0.25) is 0 Å². The summed E-state index contributed by atoms with van der Waals surface area (Å²) in [6.07, 6.45) is 28.2. The molecule has 6 aromatic rings. The van der Waals surface area contributed by atoms with Crippen LogP contribution in [0.5, 0.6) is 0 Å². The van der Waals surface area contributed by atoms with Gasteiger partial charge in [-0.2, -0.15) is 0 Å². The monoisotopic (exact) mass is 884 g/mol. The highest BCUT2D eigenvalue weighted by Crippen LogP contribution is 2.60. The van der Waals surface area contributed by atoms with Gasteiger partial charge in [-0.15, -0.1) is 0 Å². The van der Waals surface area contributed by atoms with Crippen LogP contribution >= 0.6 is 11.8 Å². The standard InChI is InChI=1S/C64H56N2S/c1-41-15-5-9-19-57(41)65(58-20-10-6-16-42(58)2)47-29-33-50-49-31-27-43(35-53(49)63(3,4)54(50)37-47)25-26-44-28-32-51-52-34-30-48(66-59-21-11-13-23-61(59)67-62-24-14-12-22-60(62)66)38-56(52)64(55(51)36-44)39-45-17-7-8-18-46(45)40-64/h5,7-11,13-15,17-21,23-38,52,56H,6,12,16,22,39-40H2,1-4H3/b26-25+. The number of hydrogen-bond acceptors (Lipinski definition) is 3. The summed E-state index contributed by atoms with van der Waals surface area (Å²) in [5.41, 5.74) is 24.5. The van der Waals surface area contributed by atoms with Crippen molar-refractivity contribution in [1.82, 2.24) is 0 Å². The van der Waals surface area contributed by atoms with Crippen LogP contribution in [0.4, 0.5) is 17.1 Å². The fraction of sp³-hybridized carbons (Fsp3) is 0.219. The number of hydrogen-bond donors (Lipinski definition) is 0. The zero-order valence-electron chi connectivity index (χ0n) is 39.0. The molecule has 0 bridgehead atoms. The van der Waals surface area contributed by atoms with Crippen LogP contribution in [0.15, 0.2) is 202 Å². The molecule has 0 aromatic heterocycles. The van der Waals surface area contributed by atoms with Gasteiger partial charge in [0.2, 0.25) is 0 Å². The third kappa shape index (κ3) is 6.37. The number of thioether (sulfide) groups is 1. The third-order valence-corrected chi connectivity index (χ3v) is 17.5. The van der Waals surface area contributed by atoms with E-state index in [0.717, 1.165) is 38.5 Å². The van der Waals surface area contributed by atoms with E-state index < -0.39 is 0 Å². The minimum atomic E-state index is -0.151. The van der Waals surface area contributed by atoms with Crippen LogP contribution in [-0.2, 0) is 23.7 Å². The van der Waals surface area contributed by atoms with Crippen molar-refractivity contribution in [2.24, 2.45) is 5.92 Å². The molecule has 0 fully saturated rings. The molecule has 0 N–H and O–H groups in total. The summed E-state index contributed by atoms with van der Waals surface area (Å²) in [5.74, 6) is 0.716. The Morgan fingerprint density at radius 2 is 1.36 bits per heavy atom. The average molecular weight is 885 g/mol. The number of nitrogens with zero attached hydrogens (tertiary/aromatic N) is 2. The van der Waals surface area contributed by atoms with E-state index in [9.17, 15) is 0 Å². The molecule has 13 rings (SSSR count). The van der Waals surface area contributed by atoms with Crippen molar-refractivity contribution >= 4 is 41.0 Å². The van der Waals surface area contributed by atoms with Crippen molar-refractivity contribution in [3.8, 4) is 11.1 Å². The summed E-state index contributed by atoms with van der Waals surface area (Å²) >= 11 is 1.93. The molecule has 2 nitrogen and oxygen atoms in total. The van der Waals surface area contributed by atoms with E-state index in [1.54, 1.807) is 0 Å². The number of fused-ring (bicyclic) bond motifs is 10. The van der Waals surface area contributed by atoms with Crippen LogP contribution < -0.4 is 9.80 Å². The molecular weight excluding hydrogens is 829 g/mol. The first kappa shape index (κ1) is 40.7. The molecule has 0 radical (unpaired) electrons. The van der Waals surface area contributed by atoms with Gasteiger partial charge < -0.3 is 9.80 Å². The number of anilines is 3. The Morgan fingerprint density at radius 3 is 2.16 bits per heavy atom. The topological polar surface area (TPSA) is 6.48 Å². The van der Waals surface area contributed by atoms with Gasteiger partial charge in [0.25, 0.3) is 0 Å². The maximum absolute atomic E-state index is 2.68. The first-order valence-electron chi connectivity index (χ1n) is 24.5. The number of para-hydroxylation sites is 2. The highest BCUT2D eigenvalue weighted by atomic mass is 32.2. The van der Waals surface area contributed by atoms with E-state index in [-0.39, 0.29) is 10.8 Å². The van der Waals surface area contributed by atoms with Crippen LogP contribution in [0.1, 0.15) is 102 Å². The quantitative estimate of drug-likeness (QED) is 0.154. The van der Waals surface area contributed by atoms with Crippen LogP contribution in [0, 0.1) is 12.8 Å². The van der Waals surface area contributed by atoms with Crippen molar-refractivity contribution in [2.45, 2.75) is 87.9 Å². The van der Waals surface area contributed by atoms with Gasteiger partial charge in [-0.3, -0.25) is 0 Å². The van der Waals surface area contributed by atoms with Crippen LogP contribution in [0.3, 0.4) is 0 Å². The molecule has 2 unspecified atom stereocenters. The Hall–Kier alpha value is -6.55. The Bertz CT molecular complexity index is 3280. The minimum Gasteiger partial charge on any atom is -0.312 e. The second-order valence-electron chi connectivity index (χ2n) is 20.5. The van der Waals surface area contributed by atoms with Gasteiger partial charge in [0.05, 0.1) is 5.69 Å². The fourth-order valence-corrected chi connectivity index (χ4v) is 14.0. The Balaban J connectivity index is 0.839. The lowest BCUT2D eigenvalue weighted by Gasteiger charge is -2.40. The van der Waals surface area contributed by atoms with E-state index >= 15 is 0 Å². The van der Waals surface area contributed by atoms with E-state index in [2.05, 4.69) is 220 Å². The third-order valence-electron chi connectivity index (χ3n) is 16.3. The predicted octanol–water partition coefficient (Wildman–Crippen LogP) is 16.6. The van der Waals surface area contributed by atoms with Gasteiger partial charge in [-0.05, 0) is 168 Å². The lowest BCUT2D eigenvalue weighted by atomic mass is 9.69. The summed E-state index contributed by atoms with van der Waals surface area (Å²) in [4.78, 5) is 7.83. The van der Waals surface area contributed by atoms with Crippen LogP contribution in [-0.4, -0.2) is 0 Å². The lowest BCUT2D eigenvalue weighted by Crippen LogP contribution is -2.35. The second-order valence-corrected chi connectivity index (χ2v) is 21.6. The van der Waals surface area contributed by atoms with E-state index in [0.29, 0.717) is 11.8 Å². The number of rotatable bonds is 6. The number of allylic oxidation sites excluding steroid dienone is 9. The average Bonchev–Trinajstić information content (AvgIpc) is 3.95. The molecule has 0 amide bonds. The molecular formula is C64H56N2S. The molecule has 0 saturated heterocycles. The normalized spacial score (nSPS) is 21.0. The minimum absolute atomic E-state index is 0.00318. The summed E-state index contributed by atoms with van der Waals surface area (Å²) in [7, 11) is 0. The van der Waals surface area contributed by atoms with Gasteiger partial charge in [-0.25, -0.2) is 0 Å². The van der Waals surface area contributed by atoms with Gasteiger partial charge in [0.15, 0.2) is 0 Å². The molecule has 1 spiro atoms. The summed E-state index contributed by atoms with van der Waals surface area (Å²) in [6.45, 7) is 9.36. The number of aryl methyl sites for hydroxylation is 1. The molecule has 328 valence electrons. The molecule has 1 heterocycles. The van der Waals surface area contributed by atoms with Crippen molar-refractivity contribution in [3.63, 3.8) is 0 Å². The fourth-order valence-electron chi connectivity index (χ4n) is 12.9. The number of benzene rings is 6. The molecule has 3 heteroatoms. The molecule has 2 atom stereocenters. The molecule has 1 aliphatic heterocycles. The summed E-state index contributed by atoms with van der Waals surface area (Å²) < 4.78 is 0. The highest BCUT2D eigenvalue weighted by molar-refractivity contribution is 8.03. The Kier molecular flexibility index (Phi) is 9.42. The van der Waals surface area contributed by atoms with Gasteiger partial charge in [-0.1, -0.05) is 165 Å². The van der Waals surface area contributed by atoms with Gasteiger partial charge in [0, 0.05) is 55.0 Å². The van der Waals surface area contributed by atoms with Crippen molar-refractivity contribution < 1.29 is 0 Å². The van der Waals surface area contributed by atoms with E-state index in [1.807, 2.05) is 11.8 Å². The van der Waals surface area contributed by atoms with E-state index in [1.165, 1.54) is 111 Å². The van der Waals surface area contributed by atoms with E-state index in [4.69, 9.17) is 0 Å². The summed E-state index contributed by atoms with van der Waals surface area (Å²) in [5, 5.41) is 0. The predicted molar refractivity (Wildman–Crippen MR) is 283 cm³/mol. The Morgan fingerprint density at radius 1 is 0.672 bits per heavy atom. The second kappa shape index (κ2) is 15.5. The van der Waals surface area contributed by atoms with Crippen LogP contribution in [0.25, 0.3) is 23.3 Å². The maximum atomic E-state index is 2.68.